The Kier molecular flexibility index (Phi) is 3.41. The van der Waals surface area contributed by atoms with Gasteiger partial charge in [0.25, 0.3) is 0 Å². The van der Waals surface area contributed by atoms with Gasteiger partial charge >= 0.3 is 6.03 Å². The second kappa shape index (κ2) is 4.64. The van der Waals surface area contributed by atoms with Gasteiger partial charge in [-0.3, -0.25) is 0 Å². The van der Waals surface area contributed by atoms with Crippen LogP contribution in [0, 0.1) is 0 Å². The van der Waals surface area contributed by atoms with Gasteiger partial charge in [0.2, 0.25) is 0 Å². The number of hydrogen-bond donors (Lipinski definition) is 1. The molecular weight excluding hydrogens is 200 g/mol. The molecule has 3 heteroatoms. The molecule has 1 saturated heterocycles. The Morgan fingerprint density at radius 1 is 1.19 bits per heavy atom. The zero-order valence-electron chi connectivity index (χ0n) is 10.6. The number of amides is 2. The van der Waals surface area contributed by atoms with E-state index in [-0.39, 0.29) is 11.6 Å². The smallest absolute Gasteiger partial charge is 0.318 e. The van der Waals surface area contributed by atoms with Crippen molar-refractivity contribution in [1.82, 2.24) is 10.2 Å². The van der Waals surface area contributed by atoms with Crippen LogP contribution in [-0.4, -0.2) is 29.1 Å². The summed E-state index contributed by atoms with van der Waals surface area (Å²) in [5.74, 6) is 0. The number of rotatable bonds is 1. The molecule has 0 radical (unpaired) electrons. The van der Waals surface area contributed by atoms with Gasteiger partial charge in [-0.05, 0) is 39.5 Å². The Bertz CT molecular complexity index is 257. The molecule has 0 aromatic rings. The Hall–Kier alpha value is -0.730. The van der Waals surface area contributed by atoms with E-state index in [1.807, 2.05) is 4.90 Å². The molecule has 1 aliphatic carbocycles. The first-order valence-electron chi connectivity index (χ1n) is 6.68. The van der Waals surface area contributed by atoms with Crippen LogP contribution >= 0.6 is 0 Å². The Morgan fingerprint density at radius 2 is 1.88 bits per heavy atom. The van der Waals surface area contributed by atoms with E-state index in [0.29, 0.717) is 6.04 Å². The molecule has 0 bridgehead atoms. The summed E-state index contributed by atoms with van der Waals surface area (Å²) in [6.45, 7) is 5.26. The van der Waals surface area contributed by atoms with Crippen molar-refractivity contribution in [3.8, 4) is 0 Å². The summed E-state index contributed by atoms with van der Waals surface area (Å²) < 4.78 is 0. The van der Waals surface area contributed by atoms with Gasteiger partial charge in [0.15, 0.2) is 0 Å². The summed E-state index contributed by atoms with van der Waals surface area (Å²) in [7, 11) is 0. The van der Waals surface area contributed by atoms with Crippen LogP contribution < -0.4 is 5.32 Å². The predicted octanol–water partition coefficient (Wildman–Crippen LogP) is 2.90. The summed E-state index contributed by atoms with van der Waals surface area (Å²) in [4.78, 5) is 14.2. The number of nitrogens with zero attached hydrogens (tertiary/aromatic N) is 1. The third-order valence-electron chi connectivity index (χ3n) is 4.08. The lowest BCUT2D eigenvalue weighted by molar-refractivity contribution is 0.159. The average molecular weight is 224 g/mol. The number of hydrogen-bond acceptors (Lipinski definition) is 1. The zero-order chi connectivity index (χ0) is 11.6. The first kappa shape index (κ1) is 11.7. The van der Waals surface area contributed by atoms with E-state index >= 15 is 0 Å². The van der Waals surface area contributed by atoms with Gasteiger partial charge in [0.05, 0.1) is 0 Å². The van der Waals surface area contributed by atoms with Gasteiger partial charge < -0.3 is 10.2 Å². The quantitative estimate of drug-likeness (QED) is 0.729. The highest BCUT2D eigenvalue weighted by molar-refractivity contribution is 5.75. The van der Waals surface area contributed by atoms with E-state index in [2.05, 4.69) is 19.2 Å². The molecule has 2 rings (SSSR count). The lowest BCUT2D eigenvalue weighted by Gasteiger charge is -2.34. The number of carbonyl (C=O) groups is 1. The second-order valence-corrected chi connectivity index (χ2v) is 5.85. The Morgan fingerprint density at radius 3 is 2.44 bits per heavy atom. The topological polar surface area (TPSA) is 32.3 Å². The van der Waals surface area contributed by atoms with Crippen molar-refractivity contribution in [1.29, 1.82) is 0 Å². The third-order valence-corrected chi connectivity index (χ3v) is 4.08. The van der Waals surface area contributed by atoms with Crippen molar-refractivity contribution in [2.45, 2.75) is 70.4 Å². The lowest BCUT2D eigenvalue weighted by atomic mass is 9.95. The van der Waals surface area contributed by atoms with E-state index < -0.39 is 0 Å². The minimum atomic E-state index is 0.0543. The van der Waals surface area contributed by atoms with Crippen LogP contribution in [0.2, 0.25) is 0 Å². The fourth-order valence-electron chi connectivity index (χ4n) is 2.98. The molecule has 1 saturated carbocycles. The van der Waals surface area contributed by atoms with Crippen LogP contribution in [-0.2, 0) is 0 Å². The highest BCUT2D eigenvalue weighted by Gasteiger charge is 2.35. The third kappa shape index (κ3) is 2.50. The molecule has 1 heterocycles. The van der Waals surface area contributed by atoms with Crippen molar-refractivity contribution < 1.29 is 4.79 Å². The van der Waals surface area contributed by atoms with Crippen LogP contribution in [0.15, 0.2) is 0 Å². The number of likely N-dealkylation sites (tertiary alicyclic amines) is 1. The molecule has 0 aromatic carbocycles. The highest BCUT2D eigenvalue weighted by atomic mass is 16.2. The normalized spacial score (nSPS) is 25.8. The van der Waals surface area contributed by atoms with Gasteiger partial charge in [-0.1, -0.05) is 19.3 Å². The van der Waals surface area contributed by atoms with Crippen LogP contribution in [0.4, 0.5) is 4.79 Å². The number of urea groups is 1. The number of nitrogens with one attached hydrogen (secondary N) is 1. The van der Waals surface area contributed by atoms with E-state index in [0.717, 1.165) is 19.4 Å². The van der Waals surface area contributed by atoms with E-state index in [1.165, 1.54) is 32.1 Å². The van der Waals surface area contributed by atoms with Crippen LogP contribution in [0.5, 0.6) is 0 Å². The first-order valence-corrected chi connectivity index (χ1v) is 6.68. The molecule has 0 spiro atoms. The molecule has 1 aliphatic heterocycles. The Balaban J connectivity index is 1.87. The molecule has 0 aromatic heterocycles. The first-order chi connectivity index (χ1) is 7.59. The molecule has 2 fully saturated rings. The maximum atomic E-state index is 12.1. The molecule has 2 aliphatic rings. The molecule has 92 valence electrons. The summed E-state index contributed by atoms with van der Waals surface area (Å²) in [6, 6.07) is 0.590. The summed E-state index contributed by atoms with van der Waals surface area (Å²) >= 11 is 0. The van der Waals surface area contributed by atoms with E-state index in [1.54, 1.807) is 0 Å². The Labute approximate surface area is 98.6 Å². The van der Waals surface area contributed by atoms with Crippen molar-refractivity contribution >= 4 is 6.03 Å². The van der Waals surface area contributed by atoms with Gasteiger partial charge in [-0.15, -0.1) is 0 Å². The highest BCUT2D eigenvalue weighted by Crippen LogP contribution is 2.28. The maximum absolute atomic E-state index is 12.1. The second-order valence-electron chi connectivity index (χ2n) is 5.85. The predicted molar refractivity (Wildman–Crippen MR) is 65.4 cm³/mol. The lowest BCUT2D eigenvalue weighted by Crippen LogP contribution is -2.51. The van der Waals surface area contributed by atoms with Crippen molar-refractivity contribution in [3.63, 3.8) is 0 Å². The van der Waals surface area contributed by atoms with Gasteiger partial charge in [-0.2, -0.15) is 0 Å². The summed E-state index contributed by atoms with van der Waals surface area (Å²) in [5, 5.41) is 3.20. The standard InChI is InChI=1S/C13H24N2O/c1-13(2)9-6-10-15(13)12(16)14-11-7-4-3-5-8-11/h11H,3-10H2,1-2H3,(H,14,16). The van der Waals surface area contributed by atoms with Crippen molar-refractivity contribution in [3.05, 3.63) is 0 Å². The maximum Gasteiger partial charge on any atom is 0.318 e. The van der Waals surface area contributed by atoms with Gasteiger partial charge in [0, 0.05) is 18.1 Å². The summed E-state index contributed by atoms with van der Waals surface area (Å²) in [5.41, 5.74) is 0.0543. The largest absolute Gasteiger partial charge is 0.335 e. The number of carbonyl (C=O) groups excluding carboxylic acids is 1. The van der Waals surface area contributed by atoms with Crippen molar-refractivity contribution in [2.75, 3.05) is 6.54 Å². The molecule has 2 amide bonds. The van der Waals surface area contributed by atoms with Crippen LogP contribution in [0.25, 0.3) is 0 Å². The molecule has 3 nitrogen and oxygen atoms in total. The fourth-order valence-corrected chi connectivity index (χ4v) is 2.98. The van der Waals surface area contributed by atoms with Gasteiger partial charge in [0.1, 0.15) is 0 Å². The van der Waals surface area contributed by atoms with Gasteiger partial charge in [-0.25, -0.2) is 4.79 Å². The van der Waals surface area contributed by atoms with Crippen molar-refractivity contribution in [2.24, 2.45) is 0 Å². The van der Waals surface area contributed by atoms with Crippen LogP contribution in [0.1, 0.15) is 58.8 Å². The molecule has 16 heavy (non-hydrogen) atoms. The van der Waals surface area contributed by atoms with E-state index in [9.17, 15) is 4.79 Å². The average Bonchev–Trinajstić information content (AvgIpc) is 2.59. The molecule has 0 atom stereocenters. The molecule has 0 unspecified atom stereocenters. The zero-order valence-corrected chi connectivity index (χ0v) is 10.6. The fraction of sp³-hybridized carbons (Fsp3) is 0.923. The van der Waals surface area contributed by atoms with Crippen LogP contribution in [0.3, 0.4) is 0 Å². The minimum Gasteiger partial charge on any atom is -0.335 e. The van der Waals surface area contributed by atoms with E-state index in [4.69, 9.17) is 0 Å². The minimum absolute atomic E-state index is 0.0543. The molecule has 1 N–H and O–H groups in total. The molecular formula is C13H24N2O. The SMILES string of the molecule is CC1(C)CCCN1C(=O)NC1CCCCC1. The monoisotopic (exact) mass is 224 g/mol. The summed E-state index contributed by atoms with van der Waals surface area (Å²) in [6.07, 6.45) is 8.49.